The van der Waals surface area contributed by atoms with Crippen LogP contribution in [-0.4, -0.2) is 33.7 Å². The molecule has 3 aliphatic rings. The van der Waals surface area contributed by atoms with Gasteiger partial charge in [0, 0.05) is 45.4 Å². The Labute approximate surface area is 338 Å². The SMILES string of the molecule is CCCCCCCCCCCC1(C)Nc2cccc3c(C4C(O)C(c5ccc6c7c(cccc57)NC(C)(CCCCCCCCCCC)N6)C4O)ccc(c23)N1. The van der Waals surface area contributed by atoms with Gasteiger partial charge in [-0.05, 0) is 85.7 Å². The lowest BCUT2D eigenvalue weighted by Crippen LogP contribution is -2.52. The van der Waals surface area contributed by atoms with Gasteiger partial charge in [-0.25, -0.2) is 0 Å². The van der Waals surface area contributed by atoms with Crippen molar-refractivity contribution in [3.63, 3.8) is 0 Å². The minimum absolute atomic E-state index is 0.215. The predicted molar refractivity (Wildman–Crippen MR) is 240 cm³/mol. The van der Waals surface area contributed by atoms with E-state index in [1.54, 1.807) is 0 Å². The summed E-state index contributed by atoms with van der Waals surface area (Å²) >= 11 is 0. The molecule has 0 amide bonds. The van der Waals surface area contributed by atoms with Gasteiger partial charge in [-0.2, -0.15) is 0 Å². The minimum atomic E-state index is -0.693. The van der Waals surface area contributed by atoms with Gasteiger partial charge in [-0.1, -0.05) is 153 Å². The third kappa shape index (κ3) is 8.82. The fourth-order valence-corrected chi connectivity index (χ4v) is 10.4. The largest absolute Gasteiger partial charge is 0.392 e. The van der Waals surface area contributed by atoms with Crippen LogP contribution in [0.15, 0.2) is 60.7 Å². The molecule has 4 aromatic rings. The Bertz CT molecular complexity index is 1740. The Balaban J connectivity index is 0.987. The summed E-state index contributed by atoms with van der Waals surface area (Å²) in [6, 6.07) is 21.5. The van der Waals surface area contributed by atoms with E-state index in [2.05, 4.69) is 110 Å². The molecule has 6 nitrogen and oxygen atoms in total. The van der Waals surface area contributed by atoms with Crippen LogP contribution < -0.4 is 21.3 Å². The van der Waals surface area contributed by atoms with E-state index in [9.17, 15) is 10.2 Å². The van der Waals surface area contributed by atoms with E-state index in [0.29, 0.717) is 0 Å². The van der Waals surface area contributed by atoms with E-state index in [4.69, 9.17) is 0 Å². The van der Waals surface area contributed by atoms with Gasteiger partial charge in [0.05, 0.1) is 12.2 Å². The Morgan fingerprint density at radius 3 is 1.11 bits per heavy atom. The molecule has 1 fully saturated rings. The molecule has 0 saturated heterocycles. The third-order valence-electron chi connectivity index (χ3n) is 13.5. The van der Waals surface area contributed by atoms with Gasteiger partial charge in [0.25, 0.3) is 0 Å². The zero-order valence-electron chi connectivity index (χ0n) is 35.1. The molecule has 2 heterocycles. The number of hydrogen-bond acceptors (Lipinski definition) is 6. The summed E-state index contributed by atoms with van der Waals surface area (Å²) in [5, 5.41) is 43.8. The maximum Gasteiger partial charge on any atom is 0.105 e. The summed E-state index contributed by atoms with van der Waals surface area (Å²) < 4.78 is 0. The summed E-state index contributed by atoms with van der Waals surface area (Å²) in [5.74, 6) is -0.720. The molecule has 304 valence electrons. The number of rotatable bonds is 22. The van der Waals surface area contributed by atoms with Crippen LogP contribution in [-0.2, 0) is 0 Å². The van der Waals surface area contributed by atoms with Crippen LogP contribution in [0.5, 0.6) is 0 Å². The molecule has 6 N–H and O–H groups in total. The topological polar surface area (TPSA) is 88.6 Å². The van der Waals surface area contributed by atoms with Crippen LogP contribution in [0.3, 0.4) is 0 Å². The van der Waals surface area contributed by atoms with Gasteiger partial charge in [0.2, 0.25) is 0 Å². The number of nitrogens with one attached hydrogen (secondary N) is 4. The van der Waals surface area contributed by atoms with E-state index < -0.39 is 12.2 Å². The van der Waals surface area contributed by atoms with Crippen LogP contribution in [0, 0.1) is 0 Å². The molecule has 7 rings (SSSR count). The molecule has 2 unspecified atom stereocenters. The summed E-state index contributed by atoms with van der Waals surface area (Å²) in [4.78, 5) is 0. The normalized spacial score (nSPS) is 25.0. The number of aliphatic hydroxyl groups excluding tert-OH is 2. The number of unbranched alkanes of at least 4 members (excludes halogenated alkanes) is 16. The minimum Gasteiger partial charge on any atom is -0.392 e. The van der Waals surface area contributed by atoms with Crippen LogP contribution in [0.25, 0.3) is 21.5 Å². The molecule has 1 aliphatic carbocycles. The van der Waals surface area contributed by atoms with Crippen LogP contribution in [0.2, 0.25) is 0 Å². The van der Waals surface area contributed by atoms with Crippen molar-refractivity contribution in [2.24, 2.45) is 0 Å². The van der Waals surface area contributed by atoms with Crippen molar-refractivity contribution in [1.82, 2.24) is 0 Å². The molecule has 4 aromatic carbocycles. The lowest BCUT2D eigenvalue weighted by molar-refractivity contribution is -0.0775. The first-order valence-corrected chi connectivity index (χ1v) is 22.9. The second kappa shape index (κ2) is 18.4. The summed E-state index contributed by atoms with van der Waals surface area (Å²) in [6.07, 6.45) is 24.6. The Morgan fingerprint density at radius 1 is 0.429 bits per heavy atom. The average Bonchev–Trinajstić information content (AvgIpc) is 3.18. The molecule has 56 heavy (non-hydrogen) atoms. The zero-order chi connectivity index (χ0) is 39.1. The van der Waals surface area contributed by atoms with Crippen molar-refractivity contribution in [2.75, 3.05) is 21.3 Å². The molecular formula is C50H72N4O2. The van der Waals surface area contributed by atoms with E-state index in [1.807, 2.05) is 0 Å². The first-order chi connectivity index (χ1) is 27.3. The van der Waals surface area contributed by atoms with Gasteiger partial charge in [-0.3, -0.25) is 0 Å². The molecular weight excluding hydrogens is 689 g/mol. The molecule has 1 saturated carbocycles. The summed E-state index contributed by atoms with van der Waals surface area (Å²) in [7, 11) is 0. The maximum absolute atomic E-state index is 12.0. The fraction of sp³-hybridized carbons (Fsp3) is 0.600. The number of hydrogen-bond donors (Lipinski definition) is 6. The second-order valence-electron chi connectivity index (χ2n) is 18.2. The van der Waals surface area contributed by atoms with Crippen molar-refractivity contribution in [1.29, 1.82) is 0 Å². The highest BCUT2D eigenvalue weighted by Crippen LogP contribution is 2.54. The highest BCUT2D eigenvalue weighted by Gasteiger charge is 2.51. The molecule has 0 aromatic heterocycles. The first-order valence-electron chi connectivity index (χ1n) is 22.9. The van der Waals surface area contributed by atoms with Crippen molar-refractivity contribution >= 4 is 44.3 Å². The zero-order valence-corrected chi connectivity index (χ0v) is 35.1. The Morgan fingerprint density at radius 2 is 0.750 bits per heavy atom. The van der Waals surface area contributed by atoms with Gasteiger partial charge in [0.15, 0.2) is 0 Å². The van der Waals surface area contributed by atoms with Gasteiger partial charge >= 0.3 is 0 Å². The number of anilines is 4. The summed E-state index contributed by atoms with van der Waals surface area (Å²) in [5.41, 5.74) is 6.13. The monoisotopic (exact) mass is 761 g/mol. The first kappa shape index (κ1) is 40.7. The maximum atomic E-state index is 12.0. The van der Waals surface area contributed by atoms with Crippen LogP contribution >= 0.6 is 0 Å². The third-order valence-corrected chi connectivity index (χ3v) is 13.5. The van der Waals surface area contributed by atoms with Gasteiger partial charge < -0.3 is 31.5 Å². The highest BCUT2D eigenvalue weighted by molar-refractivity contribution is 6.08. The van der Waals surface area contributed by atoms with Gasteiger partial charge in [-0.15, -0.1) is 0 Å². The van der Waals surface area contributed by atoms with Crippen LogP contribution in [0.1, 0.15) is 179 Å². The van der Waals surface area contributed by atoms with E-state index in [1.165, 1.54) is 116 Å². The van der Waals surface area contributed by atoms with Crippen molar-refractivity contribution in [3.05, 3.63) is 71.8 Å². The number of benzene rings is 4. The molecule has 0 radical (unpaired) electrons. The van der Waals surface area contributed by atoms with Crippen molar-refractivity contribution in [2.45, 2.75) is 191 Å². The highest BCUT2D eigenvalue weighted by atomic mass is 16.3. The van der Waals surface area contributed by atoms with Gasteiger partial charge in [0.1, 0.15) is 11.3 Å². The van der Waals surface area contributed by atoms with E-state index in [-0.39, 0.29) is 23.2 Å². The fourth-order valence-electron chi connectivity index (χ4n) is 10.4. The van der Waals surface area contributed by atoms with Crippen molar-refractivity contribution in [3.8, 4) is 0 Å². The van der Waals surface area contributed by atoms with Crippen LogP contribution in [0.4, 0.5) is 22.7 Å². The van der Waals surface area contributed by atoms with E-state index >= 15 is 0 Å². The lowest BCUT2D eigenvalue weighted by Gasteiger charge is -2.48. The Kier molecular flexibility index (Phi) is 13.4. The standard InChI is InChI=1S/C50H72N4O2/c1-5-7-9-11-13-15-17-19-21-33-49(3)51-39-27-23-25-35-37(29-31-41(53-49)43(35)39)45-47(55)46(48(45)56)38-30-32-42-44-36(38)26-24-28-40(44)52-50(4,54-42)34-22-20-18-16-14-12-10-8-6-2/h23-32,45-48,51-56H,5-22,33-34H2,1-4H3. The smallest absolute Gasteiger partial charge is 0.105 e. The van der Waals surface area contributed by atoms with E-state index in [0.717, 1.165) is 68.3 Å². The molecule has 0 spiro atoms. The Hall–Kier alpha value is -3.48. The molecule has 2 aliphatic heterocycles. The summed E-state index contributed by atoms with van der Waals surface area (Å²) in [6.45, 7) is 9.12. The van der Waals surface area contributed by atoms with Crippen molar-refractivity contribution < 1.29 is 10.2 Å². The second-order valence-corrected chi connectivity index (χ2v) is 18.2. The molecule has 0 bridgehead atoms. The molecule has 2 atom stereocenters. The lowest BCUT2D eigenvalue weighted by atomic mass is 9.62. The number of aliphatic hydroxyl groups is 2. The molecule has 6 heteroatoms. The average molecular weight is 761 g/mol. The quantitative estimate of drug-likeness (QED) is 0.0447. The predicted octanol–water partition coefficient (Wildman–Crippen LogP) is 13.5.